The number of nitrogens with zero attached hydrogens (tertiary/aromatic N) is 1. The summed E-state index contributed by atoms with van der Waals surface area (Å²) >= 11 is 13.4. The zero-order valence-electron chi connectivity index (χ0n) is 18.1. The van der Waals surface area contributed by atoms with Crippen LogP contribution in [0.15, 0.2) is 52.9 Å². The van der Waals surface area contributed by atoms with Crippen LogP contribution in [0.25, 0.3) is 6.08 Å². The quantitative estimate of drug-likeness (QED) is 0.362. The molecule has 0 unspecified atom stereocenters. The number of hydrogen-bond acceptors (Lipinski definition) is 5. The van der Waals surface area contributed by atoms with Crippen LogP contribution in [0.4, 0.5) is 0 Å². The first-order chi connectivity index (χ1) is 15.8. The maximum absolute atomic E-state index is 12.3. The normalized spacial score (nSPS) is 14.2. The summed E-state index contributed by atoms with van der Waals surface area (Å²) in [6.45, 7) is 7.72. The van der Waals surface area contributed by atoms with Gasteiger partial charge in [0.05, 0.1) is 11.5 Å². The summed E-state index contributed by atoms with van der Waals surface area (Å²) in [6, 6.07) is 8.93. The molecule has 1 aliphatic heterocycles. The first kappa shape index (κ1) is 24.9. The molecule has 0 radical (unpaired) electrons. The van der Waals surface area contributed by atoms with Gasteiger partial charge in [0, 0.05) is 28.1 Å². The van der Waals surface area contributed by atoms with Crippen molar-refractivity contribution in [3.05, 3.63) is 74.6 Å². The zero-order valence-corrected chi connectivity index (χ0v) is 20.4. The van der Waals surface area contributed by atoms with Gasteiger partial charge in [-0.15, -0.1) is 6.58 Å². The highest BCUT2D eigenvalue weighted by molar-refractivity contribution is 8.18. The van der Waals surface area contributed by atoms with Crippen LogP contribution in [0.2, 0.25) is 10.0 Å². The number of carbonyl (C=O) groups excluding carboxylic acids is 2. The van der Waals surface area contributed by atoms with Gasteiger partial charge >= 0.3 is 0 Å². The third-order valence-corrected chi connectivity index (χ3v) is 5.89. The van der Waals surface area contributed by atoms with E-state index in [1.54, 1.807) is 30.4 Å². The summed E-state index contributed by atoms with van der Waals surface area (Å²) in [4.78, 5) is 27.8. The Bertz CT molecular complexity index is 1160. The Labute approximate surface area is 206 Å². The second kappa shape index (κ2) is 11.4. The molecule has 6 nitrogen and oxygen atoms in total. The Hall–Kier alpha value is -2.74. The largest absolute Gasteiger partial charge is 0.490 e. The minimum atomic E-state index is -0.412. The molecule has 0 fully saturated rings. The van der Waals surface area contributed by atoms with E-state index in [0.717, 1.165) is 28.5 Å². The van der Waals surface area contributed by atoms with Crippen molar-refractivity contribution in [2.24, 2.45) is 4.99 Å². The van der Waals surface area contributed by atoms with Gasteiger partial charge in [0.2, 0.25) is 5.91 Å². The van der Waals surface area contributed by atoms with E-state index in [4.69, 9.17) is 32.7 Å². The number of nitrogens with one attached hydrogen (secondary N) is 1. The maximum Gasteiger partial charge on any atom is 0.286 e. The summed E-state index contributed by atoms with van der Waals surface area (Å²) in [6.07, 6.45) is 3.99. The van der Waals surface area contributed by atoms with Gasteiger partial charge in [0.1, 0.15) is 6.61 Å². The predicted molar refractivity (Wildman–Crippen MR) is 134 cm³/mol. The Morgan fingerprint density at radius 3 is 2.67 bits per heavy atom. The van der Waals surface area contributed by atoms with E-state index in [1.807, 2.05) is 19.1 Å². The van der Waals surface area contributed by atoms with Gasteiger partial charge < -0.3 is 14.8 Å². The molecule has 0 bridgehead atoms. The van der Waals surface area contributed by atoms with Crippen molar-refractivity contribution in [2.45, 2.75) is 26.9 Å². The number of hydrogen-bond donors (Lipinski definition) is 1. The predicted octanol–water partition coefficient (Wildman–Crippen LogP) is 5.81. The van der Waals surface area contributed by atoms with Crippen molar-refractivity contribution in [3.8, 4) is 11.5 Å². The Morgan fingerprint density at radius 2 is 2.00 bits per heavy atom. The van der Waals surface area contributed by atoms with Crippen molar-refractivity contribution in [3.63, 3.8) is 0 Å². The molecule has 1 N–H and O–H groups in total. The van der Waals surface area contributed by atoms with Crippen LogP contribution in [0.1, 0.15) is 30.5 Å². The average molecular weight is 505 g/mol. The summed E-state index contributed by atoms with van der Waals surface area (Å²) < 4.78 is 12.0. The molecule has 3 rings (SSSR count). The summed E-state index contributed by atoms with van der Waals surface area (Å²) in [5.74, 6) is 0.409. The van der Waals surface area contributed by atoms with Crippen LogP contribution in [0.3, 0.4) is 0 Å². The van der Waals surface area contributed by atoms with Gasteiger partial charge in [0.25, 0.3) is 5.91 Å². The van der Waals surface area contributed by atoms with Crippen molar-refractivity contribution in [2.75, 3.05) is 6.61 Å². The fourth-order valence-electron chi connectivity index (χ4n) is 3.05. The average Bonchev–Trinajstić information content (AvgIpc) is 3.07. The van der Waals surface area contributed by atoms with Crippen molar-refractivity contribution >= 4 is 58.0 Å². The zero-order chi connectivity index (χ0) is 24.0. The summed E-state index contributed by atoms with van der Waals surface area (Å²) in [5, 5.41) is 3.86. The first-order valence-electron chi connectivity index (χ1n) is 10.1. The van der Waals surface area contributed by atoms with Crippen LogP contribution >= 0.6 is 35.0 Å². The molecule has 0 aromatic heterocycles. The lowest BCUT2D eigenvalue weighted by atomic mass is 10.0. The molecule has 2 aromatic carbocycles. The number of carbonyl (C=O) groups is 2. The molecule has 0 atom stereocenters. The van der Waals surface area contributed by atoms with Gasteiger partial charge in [-0.25, -0.2) is 0 Å². The van der Waals surface area contributed by atoms with Gasteiger partial charge in [0.15, 0.2) is 16.7 Å². The van der Waals surface area contributed by atoms with E-state index in [2.05, 4.69) is 16.9 Å². The third-order valence-electron chi connectivity index (χ3n) is 4.41. The standard InChI is InChI=1S/C24H22Cl2N2O4S/c1-4-6-16-9-15(11-21-23(30)28-24(33-21)27-14(3)29)10-20(31-5-2)22(16)32-13-17-7-8-18(25)12-19(17)26/h4,7-12H,1,5-6,13H2,2-3H3,(H,27,28,29,30)/b21-11+. The van der Waals surface area contributed by atoms with Crippen LogP contribution in [-0.4, -0.2) is 23.6 Å². The highest BCUT2D eigenvalue weighted by Crippen LogP contribution is 2.37. The van der Waals surface area contributed by atoms with Crippen LogP contribution in [-0.2, 0) is 22.6 Å². The molecule has 0 saturated carbocycles. The number of halogens is 2. The highest BCUT2D eigenvalue weighted by atomic mass is 35.5. The number of benzene rings is 2. The fourth-order valence-corrected chi connectivity index (χ4v) is 4.38. The third kappa shape index (κ3) is 6.63. The lowest BCUT2D eigenvalue weighted by Gasteiger charge is -2.17. The van der Waals surface area contributed by atoms with E-state index in [1.165, 1.54) is 6.92 Å². The second-order valence-electron chi connectivity index (χ2n) is 6.97. The molecule has 2 amide bonds. The van der Waals surface area contributed by atoms with E-state index >= 15 is 0 Å². The Kier molecular flexibility index (Phi) is 8.61. The van der Waals surface area contributed by atoms with Gasteiger partial charge in [-0.1, -0.05) is 35.3 Å². The van der Waals surface area contributed by atoms with Crippen molar-refractivity contribution in [1.29, 1.82) is 0 Å². The molecule has 1 aliphatic rings. The molecule has 0 aliphatic carbocycles. The fraction of sp³-hybridized carbons (Fsp3) is 0.208. The second-order valence-corrected chi connectivity index (χ2v) is 8.85. The van der Waals surface area contributed by atoms with Crippen molar-refractivity contribution < 1.29 is 19.1 Å². The lowest BCUT2D eigenvalue weighted by Crippen LogP contribution is -2.23. The van der Waals surface area contributed by atoms with E-state index in [0.29, 0.717) is 39.5 Å². The topological polar surface area (TPSA) is 77.0 Å². The van der Waals surface area contributed by atoms with E-state index in [9.17, 15) is 9.59 Å². The minimum absolute atomic E-state index is 0.225. The van der Waals surface area contributed by atoms with Gasteiger partial charge in [-0.05, 0) is 61.0 Å². The monoisotopic (exact) mass is 504 g/mol. The van der Waals surface area contributed by atoms with E-state index in [-0.39, 0.29) is 17.7 Å². The van der Waals surface area contributed by atoms with Gasteiger partial charge in [-0.3, -0.25) is 9.59 Å². The Morgan fingerprint density at radius 1 is 1.21 bits per heavy atom. The Balaban J connectivity index is 1.92. The molecule has 0 spiro atoms. The molecule has 2 aromatic rings. The SMILES string of the molecule is C=CCc1cc(/C=C2/SC(NC(C)=O)=NC2=O)cc(OCC)c1OCc1ccc(Cl)cc1Cl. The molecule has 9 heteroatoms. The molecule has 33 heavy (non-hydrogen) atoms. The van der Waals surface area contributed by atoms with Crippen LogP contribution in [0, 0.1) is 0 Å². The van der Waals surface area contributed by atoms with Crippen molar-refractivity contribution in [1.82, 2.24) is 5.32 Å². The van der Waals surface area contributed by atoms with Crippen LogP contribution < -0.4 is 14.8 Å². The number of thioether (sulfide) groups is 1. The minimum Gasteiger partial charge on any atom is -0.490 e. The lowest BCUT2D eigenvalue weighted by molar-refractivity contribution is -0.117. The van der Waals surface area contributed by atoms with E-state index < -0.39 is 5.91 Å². The number of ether oxygens (including phenoxy) is 2. The maximum atomic E-state index is 12.3. The number of amides is 2. The highest BCUT2D eigenvalue weighted by Gasteiger charge is 2.23. The first-order valence-corrected chi connectivity index (χ1v) is 11.7. The van der Waals surface area contributed by atoms with Gasteiger partial charge in [-0.2, -0.15) is 4.99 Å². The molecular formula is C24H22Cl2N2O4S. The number of amidine groups is 1. The van der Waals surface area contributed by atoms with Crippen LogP contribution in [0.5, 0.6) is 11.5 Å². The molecule has 1 heterocycles. The molecular weight excluding hydrogens is 483 g/mol. The number of rotatable bonds is 8. The summed E-state index contributed by atoms with van der Waals surface area (Å²) in [5.41, 5.74) is 2.36. The smallest absolute Gasteiger partial charge is 0.286 e. The number of allylic oxidation sites excluding steroid dienone is 1. The number of aliphatic imine (C=N–C) groups is 1. The summed E-state index contributed by atoms with van der Waals surface area (Å²) in [7, 11) is 0. The molecule has 0 saturated heterocycles. The molecule has 172 valence electrons.